The van der Waals surface area contributed by atoms with Crippen LogP contribution >= 0.6 is 11.3 Å². The van der Waals surface area contributed by atoms with Gasteiger partial charge in [0.1, 0.15) is 38.8 Å². The van der Waals surface area contributed by atoms with Crippen molar-refractivity contribution in [3.05, 3.63) is 68.4 Å². The van der Waals surface area contributed by atoms with Crippen molar-refractivity contribution in [3.8, 4) is 10.8 Å². The Morgan fingerprint density at radius 3 is 2.38 bits per heavy atom. The maximum atomic E-state index is 14.9. The van der Waals surface area contributed by atoms with Gasteiger partial charge in [0, 0.05) is 11.1 Å². The SMILES string of the molecule is Cc1c(-n2nccn2)sc2c1c(=O)n(C1(C(=O)CS(=O)(=O)C3(C)CC3)CC1)c(=O)n2C[C@H](OC1C[C@H]2CC[C@@H](C1)O2)c1cc(F)ccc1OC(F)F. The molecule has 2 aliphatic carbocycles. The molecule has 13 nitrogen and oxygen atoms in total. The standard InChI is InChI=1S/C34H36F3N5O8S2/c1-18-27-28(44)41(34(9-10-34)26(43)17-52(46,47)33(2)7-8-33)32(45)40(30(27)51-29(18)42-38-11-12-39-42)16-25(49-22-14-20-4-5-21(15-22)48-20)23-13-19(35)3-6-24(23)50-31(36)37/h3,6,11-13,20-22,25,31H,4-5,7-10,14-17H2,1-2H3/t20-,21+,22?,25-/m0/s1. The maximum absolute atomic E-state index is 14.9. The highest BCUT2D eigenvalue weighted by Gasteiger charge is 2.58. The van der Waals surface area contributed by atoms with E-state index in [4.69, 9.17) is 14.2 Å². The number of hydrogen-bond donors (Lipinski definition) is 0. The number of Topliss-reactive ketones (excluding diaryl/α,β-unsaturated/α-hetero) is 1. The fourth-order valence-electron chi connectivity index (χ4n) is 7.61. The summed E-state index contributed by atoms with van der Waals surface area (Å²) in [4.78, 5) is 44.6. The third-order valence-electron chi connectivity index (χ3n) is 11.0. The molecule has 0 radical (unpaired) electrons. The van der Waals surface area contributed by atoms with Crippen molar-refractivity contribution in [2.45, 2.75) is 113 Å². The number of alkyl halides is 2. The molecule has 0 amide bonds. The van der Waals surface area contributed by atoms with Gasteiger partial charge in [-0.3, -0.25) is 14.2 Å². The van der Waals surface area contributed by atoms with Crippen LogP contribution < -0.4 is 16.0 Å². The molecule has 2 saturated carbocycles. The molecule has 52 heavy (non-hydrogen) atoms. The van der Waals surface area contributed by atoms with E-state index < -0.39 is 74.1 Å². The van der Waals surface area contributed by atoms with Crippen LogP contribution in [0.2, 0.25) is 0 Å². The van der Waals surface area contributed by atoms with Crippen LogP contribution in [-0.4, -0.2) is 73.8 Å². The lowest BCUT2D eigenvalue weighted by molar-refractivity contribution is -0.121. The van der Waals surface area contributed by atoms with Gasteiger partial charge in [-0.25, -0.2) is 22.2 Å². The molecule has 4 atom stereocenters. The van der Waals surface area contributed by atoms with Crippen molar-refractivity contribution in [2.75, 3.05) is 5.75 Å². The van der Waals surface area contributed by atoms with Crippen molar-refractivity contribution in [2.24, 2.45) is 0 Å². The lowest BCUT2D eigenvalue weighted by Crippen LogP contribution is -2.50. The van der Waals surface area contributed by atoms with Gasteiger partial charge in [-0.05, 0) is 83.4 Å². The number of fused-ring (bicyclic) bond motifs is 3. The number of hydrogen-bond acceptors (Lipinski definition) is 11. The van der Waals surface area contributed by atoms with Gasteiger partial charge >= 0.3 is 12.3 Å². The van der Waals surface area contributed by atoms with E-state index in [-0.39, 0.29) is 46.6 Å². The Morgan fingerprint density at radius 1 is 1.10 bits per heavy atom. The monoisotopic (exact) mass is 763 g/mol. The Kier molecular flexibility index (Phi) is 8.54. The highest BCUT2D eigenvalue weighted by molar-refractivity contribution is 7.93. The molecule has 4 aromatic rings. The summed E-state index contributed by atoms with van der Waals surface area (Å²) in [7, 11) is -3.88. The lowest BCUT2D eigenvalue weighted by Gasteiger charge is -2.32. The number of benzene rings is 1. The largest absolute Gasteiger partial charge is 0.434 e. The van der Waals surface area contributed by atoms with Gasteiger partial charge in [-0.15, -0.1) is 4.80 Å². The zero-order chi connectivity index (χ0) is 36.7. The Balaban J connectivity index is 1.30. The van der Waals surface area contributed by atoms with Gasteiger partial charge in [0.05, 0.1) is 47.4 Å². The predicted molar refractivity (Wildman–Crippen MR) is 181 cm³/mol. The first-order chi connectivity index (χ1) is 24.7. The second-order valence-corrected chi connectivity index (χ2v) is 17.9. The van der Waals surface area contributed by atoms with Crippen LogP contribution in [0.5, 0.6) is 5.75 Å². The molecule has 2 saturated heterocycles. The molecule has 2 bridgehead atoms. The van der Waals surface area contributed by atoms with Gasteiger partial charge in [-0.1, -0.05) is 11.3 Å². The molecule has 0 spiro atoms. The molecular weight excluding hydrogens is 728 g/mol. The van der Waals surface area contributed by atoms with E-state index in [0.29, 0.717) is 36.2 Å². The van der Waals surface area contributed by atoms with Crippen LogP contribution in [0.4, 0.5) is 13.2 Å². The van der Waals surface area contributed by atoms with E-state index in [0.717, 1.165) is 46.9 Å². The number of thiophene rings is 1. The maximum Gasteiger partial charge on any atom is 0.387 e. The molecular formula is C34H36F3N5O8S2. The van der Waals surface area contributed by atoms with E-state index in [2.05, 4.69) is 10.2 Å². The summed E-state index contributed by atoms with van der Waals surface area (Å²) in [5.41, 5.74) is -3.10. The number of ketones is 1. The minimum atomic E-state index is -3.88. The first-order valence-electron chi connectivity index (χ1n) is 17.2. The zero-order valence-corrected chi connectivity index (χ0v) is 29.9. The van der Waals surface area contributed by atoms with Gasteiger partial charge in [0.25, 0.3) is 5.56 Å². The number of aryl methyl sites for hydroxylation is 1. The predicted octanol–water partition coefficient (Wildman–Crippen LogP) is 4.35. The Hall–Kier alpha value is -3.87. The summed E-state index contributed by atoms with van der Waals surface area (Å²) in [6, 6.07) is 3.06. The number of nitrogens with zero attached hydrogens (tertiary/aromatic N) is 5. The summed E-state index contributed by atoms with van der Waals surface area (Å²) >= 11 is 1.02. The molecule has 8 rings (SSSR count). The Labute approximate surface area is 299 Å². The van der Waals surface area contributed by atoms with Crippen molar-refractivity contribution in [1.82, 2.24) is 24.1 Å². The second kappa shape index (κ2) is 12.6. The Bertz CT molecular complexity index is 2280. The molecule has 2 aliphatic heterocycles. The van der Waals surface area contributed by atoms with Crippen LogP contribution in [0.15, 0.2) is 40.2 Å². The topological polar surface area (TPSA) is 154 Å². The normalized spacial score (nSPS) is 23.6. The summed E-state index contributed by atoms with van der Waals surface area (Å²) in [5.74, 6) is -2.69. The summed E-state index contributed by atoms with van der Waals surface area (Å²) < 4.78 is 87.1. The van der Waals surface area contributed by atoms with Gasteiger partial charge in [0.15, 0.2) is 15.6 Å². The van der Waals surface area contributed by atoms with Crippen molar-refractivity contribution >= 4 is 37.2 Å². The van der Waals surface area contributed by atoms with E-state index in [1.807, 2.05) is 0 Å². The molecule has 18 heteroatoms. The fourth-order valence-corrected chi connectivity index (χ4v) is 10.5. The number of ether oxygens (including phenoxy) is 3. The lowest BCUT2D eigenvalue weighted by atomic mass is 10.0. The first kappa shape index (κ1) is 35.2. The summed E-state index contributed by atoms with van der Waals surface area (Å²) in [6.07, 6.45) is 4.59. The summed E-state index contributed by atoms with van der Waals surface area (Å²) in [6.45, 7) is -0.440. The summed E-state index contributed by atoms with van der Waals surface area (Å²) in [5, 5.41) is 8.85. The minimum Gasteiger partial charge on any atom is -0.434 e. The fraction of sp³-hybridized carbons (Fsp3) is 0.559. The van der Waals surface area contributed by atoms with Gasteiger partial charge < -0.3 is 14.2 Å². The van der Waals surface area contributed by atoms with Crippen molar-refractivity contribution in [1.29, 1.82) is 0 Å². The second-order valence-electron chi connectivity index (χ2n) is 14.5. The molecule has 1 unspecified atom stereocenters. The number of halogens is 3. The third-order valence-corrected chi connectivity index (χ3v) is 14.8. The highest BCUT2D eigenvalue weighted by atomic mass is 32.2. The highest BCUT2D eigenvalue weighted by Crippen LogP contribution is 2.48. The number of carbonyl (C=O) groups is 1. The van der Waals surface area contributed by atoms with E-state index >= 15 is 0 Å². The van der Waals surface area contributed by atoms with E-state index in [1.54, 1.807) is 13.8 Å². The molecule has 1 aromatic carbocycles. The average molecular weight is 764 g/mol. The van der Waals surface area contributed by atoms with Crippen LogP contribution in [0.1, 0.15) is 75.5 Å². The quantitative estimate of drug-likeness (QED) is 0.192. The number of carbonyl (C=O) groups excluding carboxylic acids is 1. The van der Waals surface area contributed by atoms with Crippen LogP contribution in [0.3, 0.4) is 0 Å². The molecule has 0 N–H and O–H groups in total. The van der Waals surface area contributed by atoms with Crippen molar-refractivity contribution in [3.63, 3.8) is 0 Å². The molecule has 278 valence electrons. The minimum absolute atomic E-state index is 0.0660. The van der Waals surface area contributed by atoms with E-state index in [9.17, 15) is 36.0 Å². The Morgan fingerprint density at radius 2 is 1.77 bits per heavy atom. The number of aromatic nitrogens is 5. The number of rotatable bonds is 13. The number of sulfone groups is 1. The van der Waals surface area contributed by atoms with Crippen molar-refractivity contribution < 1.29 is 40.6 Å². The third kappa shape index (κ3) is 6.00. The molecule has 5 heterocycles. The van der Waals surface area contributed by atoms with Gasteiger partial charge in [-0.2, -0.15) is 19.0 Å². The zero-order valence-electron chi connectivity index (χ0n) is 28.3. The van der Waals surface area contributed by atoms with Crippen LogP contribution in [0.25, 0.3) is 15.2 Å². The smallest absolute Gasteiger partial charge is 0.387 e. The average Bonchev–Trinajstić information content (AvgIpc) is 3.89. The molecule has 4 fully saturated rings. The molecule has 3 aromatic heterocycles. The van der Waals surface area contributed by atoms with Gasteiger partial charge in [0.2, 0.25) is 0 Å². The van der Waals surface area contributed by atoms with Crippen LogP contribution in [-0.2, 0) is 36.2 Å². The van der Waals surface area contributed by atoms with Crippen LogP contribution in [0, 0.1) is 12.7 Å². The molecule has 4 aliphatic rings. The first-order valence-corrected chi connectivity index (χ1v) is 19.6. The van der Waals surface area contributed by atoms with E-state index in [1.165, 1.54) is 21.8 Å².